The molecule has 2 aromatic rings. The summed E-state index contributed by atoms with van der Waals surface area (Å²) < 4.78 is 0. The van der Waals surface area contributed by atoms with Gasteiger partial charge in [-0.1, -0.05) is 40.2 Å². The van der Waals surface area contributed by atoms with Crippen LogP contribution in [0.2, 0.25) is 0 Å². The molecule has 1 heterocycles. The molecule has 2 atom stereocenters. The van der Waals surface area contributed by atoms with E-state index in [9.17, 15) is 4.79 Å². The summed E-state index contributed by atoms with van der Waals surface area (Å²) in [5.74, 6) is -0.213. The van der Waals surface area contributed by atoms with Gasteiger partial charge in [-0.3, -0.25) is 4.79 Å². The molecule has 5 nitrogen and oxygen atoms in total. The van der Waals surface area contributed by atoms with Crippen molar-refractivity contribution in [3.8, 4) is 0 Å². The van der Waals surface area contributed by atoms with Gasteiger partial charge in [0.1, 0.15) is 0 Å². The molecule has 1 aromatic heterocycles. The second-order valence-electron chi connectivity index (χ2n) is 4.23. The molecule has 92 valence electrons. The normalized spacial score (nSPS) is 21.6. The van der Waals surface area contributed by atoms with Gasteiger partial charge in [0.25, 0.3) is 5.91 Å². The molecule has 6 heteroatoms. The number of carbonyl (C=O) groups excluding carboxylic acids is 1. The smallest absolute Gasteiger partial charge is 0.273 e. The molecule has 1 aromatic carbocycles. The van der Waals surface area contributed by atoms with Crippen LogP contribution in [0.25, 0.3) is 0 Å². The van der Waals surface area contributed by atoms with Gasteiger partial charge in [-0.15, -0.1) is 0 Å². The summed E-state index contributed by atoms with van der Waals surface area (Å²) in [5, 5.41) is 12.8. The fourth-order valence-electron chi connectivity index (χ4n) is 2.24. The number of nitrogens with zero attached hydrogens (tertiary/aromatic N) is 2. The van der Waals surface area contributed by atoms with E-state index in [2.05, 4.69) is 42.7 Å². The molecule has 3 rings (SSSR count). The summed E-state index contributed by atoms with van der Waals surface area (Å²) in [6.45, 7) is 0. The molecule has 18 heavy (non-hydrogen) atoms. The van der Waals surface area contributed by atoms with Crippen LogP contribution >= 0.6 is 15.9 Å². The molecule has 0 spiro atoms. The number of amides is 1. The van der Waals surface area contributed by atoms with Crippen LogP contribution in [0.5, 0.6) is 0 Å². The first-order valence-electron chi connectivity index (χ1n) is 5.64. The average Bonchev–Trinajstić information content (AvgIpc) is 2.98. The summed E-state index contributed by atoms with van der Waals surface area (Å²) in [5.41, 5.74) is 2.74. The highest BCUT2D eigenvalue weighted by molar-refractivity contribution is 9.09. The Balaban J connectivity index is 1.83. The maximum Gasteiger partial charge on any atom is 0.273 e. The van der Waals surface area contributed by atoms with Gasteiger partial charge in [0.2, 0.25) is 0 Å². The number of fused-ring (bicyclic) bond motifs is 1. The Bertz CT molecular complexity index is 569. The number of carbonyl (C=O) groups is 1. The van der Waals surface area contributed by atoms with Crippen molar-refractivity contribution in [2.45, 2.75) is 17.3 Å². The van der Waals surface area contributed by atoms with E-state index in [1.807, 2.05) is 18.2 Å². The van der Waals surface area contributed by atoms with Gasteiger partial charge in [-0.25, -0.2) is 0 Å². The number of hydrogen-bond donors (Lipinski definition) is 2. The Kier molecular flexibility index (Phi) is 2.87. The molecule has 1 amide bonds. The van der Waals surface area contributed by atoms with Crippen molar-refractivity contribution in [1.29, 1.82) is 0 Å². The Morgan fingerprint density at radius 2 is 2.28 bits per heavy atom. The van der Waals surface area contributed by atoms with Crippen LogP contribution in [-0.2, 0) is 6.42 Å². The van der Waals surface area contributed by atoms with E-state index in [4.69, 9.17) is 0 Å². The zero-order valence-electron chi connectivity index (χ0n) is 9.43. The predicted octanol–water partition coefficient (Wildman–Crippen LogP) is 1.60. The molecular formula is C12H11BrN4O. The molecule has 2 unspecified atom stereocenters. The second kappa shape index (κ2) is 4.53. The predicted molar refractivity (Wildman–Crippen MR) is 69.5 cm³/mol. The van der Waals surface area contributed by atoms with Crippen LogP contribution in [0.15, 0.2) is 30.5 Å². The van der Waals surface area contributed by atoms with Crippen LogP contribution in [0, 0.1) is 0 Å². The van der Waals surface area contributed by atoms with Crippen LogP contribution in [0.1, 0.15) is 27.7 Å². The molecule has 0 aliphatic heterocycles. The van der Waals surface area contributed by atoms with E-state index in [0.717, 1.165) is 12.0 Å². The van der Waals surface area contributed by atoms with Crippen molar-refractivity contribution in [2.24, 2.45) is 0 Å². The molecular weight excluding hydrogens is 296 g/mol. The lowest BCUT2D eigenvalue weighted by Gasteiger charge is -2.16. The number of aromatic amines is 1. The summed E-state index contributed by atoms with van der Waals surface area (Å²) in [4.78, 5) is 12.2. The Morgan fingerprint density at radius 1 is 1.44 bits per heavy atom. The summed E-state index contributed by atoms with van der Waals surface area (Å²) in [6, 6.07) is 8.11. The van der Waals surface area contributed by atoms with E-state index in [0.29, 0.717) is 5.69 Å². The number of H-pyrrole nitrogens is 1. The van der Waals surface area contributed by atoms with Gasteiger partial charge in [0.15, 0.2) is 5.69 Å². The van der Waals surface area contributed by atoms with Crippen LogP contribution in [0.4, 0.5) is 0 Å². The third-order valence-electron chi connectivity index (χ3n) is 3.10. The highest BCUT2D eigenvalue weighted by atomic mass is 79.9. The maximum atomic E-state index is 12.0. The molecule has 0 saturated heterocycles. The van der Waals surface area contributed by atoms with Gasteiger partial charge in [0, 0.05) is 4.83 Å². The van der Waals surface area contributed by atoms with Gasteiger partial charge in [-0.2, -0.15) is 15.4 Å². The summed E-state index contributed by atoms with van der Waals surface area (Å²) >= 11 is 3.62. The first-order chi connectivity index (χ1) is 8.75. The van der Waals surface area contributed by atoms with E-state index in [1.54, 1.807) is 0 Å². The second-order valence-corrected chi connectivity index (χ2v) is 5.40. The first-order valence-corrected chi connectivity index (χ1v) is 6.56. The van der Waals surface area contributed by atoms with Crippen LogP contribution in [-0.4, -0.2) is 26.1 Å². The minimum absolute atomic E-state index is 0.0228. The fraction of sp³-hybridized carbons (Fsp3) is 0.250. The lowest BCUT2D eigenvalue weighted by atomic mass is 10.1. The highest BCUT2D eigenvalue weighted by Crippen LogP contribution is 2.35. The van der Waals surface area contributed by atoms with Gasteiger partial charge in [-0.05, 0) is 17.5 Å². The molecule has 0 fully saturated rings. The third-order valence-corrected chi connectivity index (χ3v) is 3.95. The Labute approximate surface area is 112 Å². The molecule has 1 aliphatic carbocycles. The summed E-state index contributed by atoms with van der Waals surface area (Å²) in [7, 11) is 0. The van der Waals surface area contributed by atoms with E-state index in [-0.39, 0.29) is 16.8 Å². The summed E-state index contributed by atoms with van der Waals surface area (Å²) in [6.07, 6.45) is 2.33. The molecule has 0 bridgehead atoms. The lowest BCUT2D eigenvalue weighted by Crippen LogP contribution is -2.31. The van der Waals surface area contributed by atoms with Crippen molar-refractivity contribution in [1.82, 2.24) is 20.7 Å². The van der Waals surface area contributed by atoms with Crippen molar-refractivity contribution in [3.63, 3.8) is 0 Å². The Morgan fingerprint density at radius 3 is 3.06 bits per heavy atom. The number of halogens is 1. The zero-order chi connectivity index (χ0) is 12.5. The van der Waals surface area contributed by atoms with E-state index >= 15 is 0 Å². The van der Waals surface area contributed by atoms with Gasteiger partial charge < -0.3 is 5.32 Å². The highest BCUT2D eigenvalue weighted by Gasteiger charge is 2.31. The van der Waals surface area contributed by atoms with Crippen molar-refractivity contribution < 1.29 is 4.79 Å². The number of benzene rings is 1. The number of rotatable bonds is 2. The SMILES string of the molecule is O=C(NC1c2ccccc2CC1Br)c1cn[nH]n1. The number of nitrogens with one attached hydrogen (secondary N) is 2. The van der Waals surface area contributed by atoms with Gasteiger partial charge in [0.05, 0.1) is 12.2 Å². The minimum Gasteiger partial charge on any atom is -0.343 e. The van der Waals surface area contributed by atoms with E-state index in [1.165, 1.54) is 11.8 Å². The van der Waals surface area contributed by atoms with Crippen molar-refractivity contribution >= 4 is 21.8 Å². The lowest BCUT2D eigenvalue weighted by molar-refractivity contribution is 0.0933. The quantitative estimate of drug-likeness (QED) is 0.828. The third kappa shape index (κ3) is 1.92. The fourth-order valence-corrected chi connectivity index (χ4v) is 3.01. The molecule has 1 aliphatic rings. The average molecular weight is 307 g/mol. The maximum absolute atomic E-state index is 12.0. The van der Waals surface area contributed by atoms with Crippen LogP contribution in [0.3, 0.4) is 0 Å². The molecule has 0 saturated carbocycles. The van der Waals surface area contributed by atoms with Gasteiger partial charge >= 0.3 is 0 Å². The standard InChI is InChI=1S/C12H11BrN4O/c13-9-5-7-3-1-2-4-8(7)11(9)15-12(18)10-6-14-17-16-10/h1-4,6,9,11H,5H2,(H,15,18)(H,14,16,17). The minimum atomic E-state index is -0.213. The number of alkyl halides is 1. The topological polar surface area (TPSA) is 70.7 Å². The van der Waals surface area contributed by atoms with E-state index < -0.39 is 0 Å². The first kappa shape index (κ1) is 11.4. The van der Waals surface area contributed by atoms with Crippen molar-refractivity contribution in [2.75, 3.05) is 0 Å². The number of hydrogen-bond acceptors (Lipinski definition) is 3. The largest absolute Gasteiger partial charge is 0.343 e. The molecule has 2 N–H and O–H groups in total. The van der Waals surface area contributed by atoms with Crippen LogP contribution < -0.4 is 5.32 Å². The van der Waals surface area contributed by atoms with Crippen molar-refractivity contribution in [3.05, 3.63) is 47.3 Å². The number of aromatic nitrogens is 3. The molecule has 0 radical (unpaired) electrons. The zero-order valence-corrected chi connectivity index (χ0v) is 11.0. The Hall–Kier alpha value is -1.69. The monoisotopic (exact) mass is 306 g/mol.